The molecule has 1 N–H and O–H groups in total. The minimum absolute atomic E-state index is 0.286. The van der Waals surface area contributed by atoms with Crippen LogP contribution in [0, 0.1) is 13.8 Å². The molecular weight excluding hydrogens is 232 g/mol. The van der Waals surface area contributed by atoms with Crippen molar-refractivity contribution < 1.29 is 0 Å². The van der Waals surface area contributed by atoms with Gasteiger partial charge in [-0.3, -0.25) is 4.98 Å². The number of nitrogens with zero attached hydrogens (tertiary/aromatic N) is 1. The average Bonchev–Trinajstić information content (AvgIpc) is 2.44. The Bertz CT molecular complexity index is 534. The number of rotatable bonds is 4. The van der Waals surface area contributed by atoms with Gasteiger partial charge in [0.15, 0.2) is 0 Å². The smallest absolute Gasteiger partial charge is 0.0450 e. The van der Waals surface area contributed by atoms with Crippen LogP contribution < -0.4 is 5.32 Å². The van der Waals surface area contributed by atoms with Gasteiger partial charge in [-0.25, -0.2) is 0 Å². The maximum atomic E-state index is 4.47. The molecule has 19 heavy (non-hydrogen) atoms. The lowest BCUT2D eigenvalue weighted by atomic mass is 9.90. The first kappa shape index (κ1) is 13.8. The average molecular weight is 254 g/mol. The summed E-state index contributed by atoms with van der Waals surface area (Å²) in [6, 6.07) is 13.1. The van der Waals surface area contributed by atoms with Crippen LogP contribution in [0.4, 0.5) is 0 Å². The van der Waals surface area contributed by atoms with E-state index in [2.05, 4.69) is 55.3 Å². The fourth-order valence-electron chi connectivity index (χ4n) is 2.48. The second-order valence-electron chi connectivity index (χ2n) is 5.15. The molecule has 1 aromatic carbocycles. The molecule has 0 fully saturated rings. The number of likely N-dealkylation sites (N-methyl/N-ethyl adjacent to an activating group) is 1. The number of nitrogens with one attached hydrogen (secondary N) is 1. The van der Waals surface area contributed by atoms with Crippen molar-refractivity contribution in [1.82, 2.24) is 10.3 Å². The molecule has 100 valence electrons. The van der Waals surface area contributed by atoms with Crippen molar-refractivity contribution >= 4 is 0 Å². The first-order valence-electron chi connectivity index (χ1n) is 6.79. The number of hydrogen-bond acceptors (Lipinski definition) is 2. The Morgan fingerprint density at radius 3 is 2.42 bits per heavy atom. The lowest BCUT2D eigenvalue weighted by Crippen LogP contribution is -2.23. The predicted octanol–water partition coefficient (Wildman–Crippen LogP) is 3.76. The Morgan fingerprint density at radius 2 is 1.84 bits per heavy atom. The quantitative estimate of drug-likeness (QED) is 0.898. The molecule has 0 spiro atoms. The van der Waals surface area contributed by atoms with E-state index in [1.54, 1.807) is 0 Å². The molecular formula is C17H22N2. The Labute approximate surface area is 115 Å². The van der Waals surface area contributed by atoms with Crippen LogP contribution in [0.2, 0.25) is 0 Å². The van der Waals surface area contributed by atoms with Gasteiger partial charge in [0.25, 0.3) is 0 Å². The Balaban J connectivity index is 2.31. The zero-order chi connectivity index (χ0) is 13.8. The molecule has 1 heterocycles. The van der Waals surface area contributed by atoms with Crippen molar-refractivity contribution in [3.05, 3.63) is 65.0 Å². The number of aryl methyl sites for hydroxylation is 2. The van der Waals surface area contributed by atoms with Crippen molar-refractivity contribution in [3.8, 4) is 0 Å². The second kappa shape index (κ2) is 5.98. The Hall–Kier alpha value is -1.67. The minimum Gasteiger partial charge on any atom is -0.312 e. The summed E-state index contributed by atoms with van der Waals surface area (Å²) in [5.74, 6) is 0.341. The molecule has 1 aromatic heterocycles. The summed E-state index contributed by atoms with van der Waals surface area (Å²) in [5.41, 5.74) is 5.12. The van der Waals surface area contributed by atoms with Crippen LogP contribution in [-0.4, -0.2) is 12.0 Å². The monoisotopic (exact) mass is 254 g/mol. The molecule has 0 bridgehead atoms. The van der Waals surface area contributed by atoms with Gasteiger partial charge in [0.1, 0.15) is 0 Å². The highest BCUT2D eigenvalue weighted by atomic mass is 14.9. The van der Waals surface area contributed by atoms with Crippen LogP contribution in [0.25, 0.3) is 0 Å². The van der Waals surface area contributed by atoms with Gasteiger partial charge in [-0.2, -0.15) is 0 Å². The van der Waals surface area contributed by atoms with Crippen LogP contribution in [0.3, 0.4) is 0 Å². The maximum absolute atomic E-state index is 4.47. The topological polar surface area (TPSA) is 24.9 Å². The third-order valence-electron chi connectivity index (χ3n) is 3.86. The van der Waals surface area contributed by atoms with Crippen LogP contribution in [0.5, 0.6) is 0 Å². The molecule has 0 aliphatic carbocycles. The largest absolute Gasteiger partial charge is 0.312 e. The molecule has 2 aromatic rings. The molecule has 2 atom stereocenters. The molecule has 0 saturated carbocycles. The summed E-state index contributed by atoms with van der Waals surface area (Å²) in [6.07, 6.45) is 1.86. The SMILES string of the molecule is CNC(c1ccc(C)c(C)c1)C(C)c1ccccn1. The van der Waals surface area contributed by atoms with Crippen LogP contribution in [0.1, 0.15) is 41.3 Å². The maximum Gasteiger partial charge on any atom is 0.0450 e. The van der Waals surface area contributed by atoms with Crippen molar-refractivity contribution in [1.29, 1.82) is 0 Å². The highest BCUT2D eigenvalue weighted by molar-refractivity contribution is 5.33. The van der Waals surface area contributed by atoms with E-state index < -0.39 is 0 Å². The lowest BCUT2D eigenvalue weighted by molar-refractivity contribution is 0.499. The Kier molecular flexibility index (Phi) is 4.33. The zero-order valence-corrected chi connectivity index (χ0v) is 12.1. The van der Waals surface area contributed by atoms with Crippen LogP contribution in [-0.2, 0) is 0 Å². The van der Waals surface area contributed by atoms with Crippen molar-refractivity contribution in [2.75, 3.05) is 7.05 Å². The van der Waals surface area contributed by atoms with E-state index in [1.165, 1.54) is 16.7 Å². The van der Waals surface area contributed by atoms with E-state index in [0.29, 0.717) is 5.92 Å². The van der Waals surface area contributed by atoms with Crippen LogP contribution in [0.15, 0.2) is 42.6 Å². The summed E-state index contributed by atoms with van der Waals surface area (Å²) in [4.78, 5) is 4.47. The van der Waals surface area contributed by atoms with Crippen molar-refractivity contribution in [3.63, 3.8) is 0 Å². The standard InChI is InChI=1S/C17H22N2/c1-12-8-9-15(11-13(12)2)17(18-4)14(3)16-7-5-6-10-19-16/h5-11,14,17-18H,1-4H3. The molecule has 0 amide bonds. The zero-order valence-electron chi connectivity index (χ0n) is 12.1. The van der Waals surface area contributed by atoms with E-state index in [0.717, 1.165) is 5.69 Å². The summed E-state index contributed by atoms with van der Waals surface area (Å²) >= 11 is 0. The first-order chi connectivity index (χ1) is 9.13. The number of pyridine rings is 1. The van der Waals surface area contributed by atoms with E-state index in [4.69, 9.17) is 0 Å². The summed E-state index contributed by atoms with van der Waals surface area (Å²) in [7, 11) is 2.01. The van der Waals surface area contributed by atoms with Gasteiger partial charge in [-0.1, -0.05) is 31.2 Å². The fourth-order valence-corrected chi connectivity index (χ4v) is 2.48. The molecule has 2 heteroatoms. The lowest BCUT2D eigenvalue weighted by Gasteiger charge is -2.24. The van der Waals surface area contributed by atoms with Gasteiger partial charge < -0.3 is 5.32 Å². The van der Waals surface area contributed by atoms with E-state index in [9.17, 15) is 0 Å². The van der Waals surface area contributed by atoms with E-state index in [-0.39, 0.29) is 6.04 Å². The van der Waals surface area contributed by atoms with Crippen LogP contribution >= 0.6 is 0 Å². The number of benzene rings is 1. The molecule has 2 unspecified atom stereocenters. The molecule has 0 aliphatic rings. The normalized spacial score (nSPS) is 14.1. The summed E-state index contributed by atoms with van der Waals surface area (Å²) in [5, 5.41) is 3.42. The third kappa shape index (κ3) is 3.02. The summed E-state index contributed by atoms with van der Waals surface area (Å²) in [6.45, 7) is 6.53. The molecule has 2 nitrogen and oxygen atoms in total. The van der Waals surface area contributed by atoms with Gasteiger partial charge in [0.2, 0.25) is 0 Å². The second-order valence-corrected chi connectivity index (χ2v) is 5.15. The van der Waals surface area contributed by atoms with Gasteiger partial charge in [-0.05, 0) is 49.7 Å². The summed E-state index contributed by atoms with van der Waals surface area (Å²) < 4.78 is 0. The Morgan fingerprint density at radius 1 is 1.05 bits per heavy atom. The third-order valence-corrected chi connectivity index (χ3v) is 3.86. The minimum atomic E-state index is 0.286. The predicted molar refractivity (Wildman–Crippen MR) is 80.4 cm³/mol. The van der Waals surface area contributed by atoms with Crippen molar-refractivity contribution in [2.45, 2.75) is 32.7 Å². The van der Waals surface area contributed by atoms with Gasteiger partial charge in [0, 0.05) is 23.9 Å². The molecule has 0 radical (unpaired) electrons. The highest BCUT2D eigenvalue weighted by Gasteiger charge is 2.20. The highest BCUT2D eigenvalue weighted by Crippen LogP contribution is 2.29. The molecule has 2 rings (SSSR count). The van der Waals surface area contributed by atoms with E-state index >= 15 is 0 Å². The van der Waals surface area contributed by atoms with Gasteiger partial charge in [-0.15, -0.1) is 0 Å². The molecule has 0 saturated heterocycles. The fraction of sp³-hybridized carbons (Fsp3) is 0.353. The first-order valence-corrected chi connectivity index (χ1v) is 6.79. The number of hydrogen-bond donors (Lipinski definition) is 1. The number of aromatic nitrogens is 1. The van der Waals surface area contributed by atoms with Gasteiger partial charge >= 0.3 is 0 Å². The van der Waals surface area contributed by atoms with Gasteiger partial charge in [0.05, 0.1) is 0 Å². The van der Waals surface area contributed by atoms with E-state index in [1.807, 2.05) is 25.4 Å². The molecule has 0 aliphatic heterocycles. The van der Waals surface area contributed by atoms with Crippen molar-refractivity contribution in [2.24, 2.45) is 0 Å².